The average Bonchev–Trinajstić information content (AvgIpc) is 2.45. The number of amides is 1. The summed E-state index contributed by atoms with van der Waals surface area (Å²) in [5.74, 6) is -0.399. The number of hydrogen-bond acceptors (Lipinski definition) is 2. The van der Waals surface area contributed by atoms with Crippen molar-refractivity contribution in [1.29, 1.82) is 0 Å². The van der Waals surface area contributed by atoms with Gasteiger partial charge in [-0.1, -0.05) is 31.4 Å². The van der Waals surface area contributed by atoms with Crippen LogP contribution in [-0.4, -0.2) is 24.2 Å². The zero-order valence-electron chi connectivity index (χ0n) is 11.0. The van der Waals surface area contributed by atoms with E-state index < -0.39 is 5.41 Å². The molecule has 19 heavy (non-hydrogen) atoms. The van der Waals surface area contributed by atoms with Crippen LogP contribution in [0.2, 0.25) is 0 Å². The van der Waals surface area contributed by atoms with Crippen LogP contribution in [-0.2, 0) is 10.2 Å². The van der Waals surface area contributed by atoms with Gasteiger partial charge in [0.1, 0.15) is 5.82 Å². The molecule has 0 spiro atoms. The van der Waals surface area contributed by atoms with Crippen LogP contribution in [0.4, 0.5) is 4.39 Å². The summed E-state index contributed by atoms with van der Waals surface area (Å²) in [7, 11) is 0. The fourth-order valence-corrected chi connectivity index (χ4v) is 2.93. The Morgan fingerprint density at radius 3 is 2.68 bits per heavy atom. The Morgan fingerprint density at radius 2 is 2.05 bits per heavy atom. The standard InChI is InChI=1S/C15H20FNO2/c16-13-6-4-5-12(11-13)15(7-2-1-3-8-15)14(19)17-9-10-18/h4-6,11,18H,1-3,7-10H2,(H,17,19). The molecule has 0 heterocycles. The highest BCUT2D eigenvalue weighted by Gasteiger charge is 2.40. The van der Waals surface area contributed by atoms with Crippen molar-refractivity contribution < 1.29 is 14.3 Å². The van der Waals surface area contributed by atoms with E-state index in [1.54, 1.807) is 6.07 Å². The van der Waals surface area contributed by atoms with Crippen LogP contribution < -0.4 is 5.32 Å². The Balaban J connectivity index is 2.31. The van der Waals surface area contributed by atoms with Crippen molar-refractivity contribution in [2.45, 2.75) is 37.5 Å². The summed E-state index contributed by atoms with van der Waals surface area (Å²) in [6, 6.07) is 6.34. The van der Waals surface area contributed by atoms with E-state index in [1.165, 1.54) is 12.1 Å². The van der Waals surface area contributed by atoms with E-state index >= 15 is 0 Å². The SMILES string of the molecule is O=C(NCCO)C1(c2cccc(F)c2)CCCCC1. The first-order valence-corrected chi connectivity index (χ1v) is 6.84. The van der Waals surface area contributed by atoms with Gasteiger partial charge >= 0.3 is 0 Å². The molecule has 0 aliphatic heterocycles. The van der Waals surface area contributed by atoms with E-state index in [1.807, 2.05) is 6.07 Å². The van der Waals surface area contributed by atoms with Gasteiger partial charge in [0, 0.05) is 6.54 Å². The van der Waals surface area contributed by atoms with Gasteiger partial charge in [-0.15, -0.1) is 0 Å². The van der Waals surface area contributed by atoms with E-state index in [4.69, 9.17) is 5.11 Å². The highest BCUT2D eigenvalue weighted by Crippen LogP contribution is 2.39. The maximum Gasteiger partial charge on any atom is 0.230 e. The molecular formula is C15H20FNO2. The highest BCUT2D eigenvalue weighted by molar-refractivity contribution is 5.88. The maximum absolute atomic E-state index is 13.4. The molecule has 1 aliphatic carbocycles. The van der Waals surface area contributed by atoms with Gasteiger partial charge in [0.25, 0.3) is 0 Å². The third-order valence-corrected chi connectivity index (χ3v) is 3.92. The maximum atomic E-state index is 13.4. The predicted octanol–water partition coefficient (Wildman–Crippen LogP) is 2.14. The topological polar surface area (TPSA) is 49.3 Å². The molecule has 104 valence electrons. The average molecular weight is 265 g/mol. The Morgan fingerprint density at radius 1 is 1.32 bits per heavy atom. The summed E-state index contributed by atoms with van der Waals surface area (Å²) >= 11 is 0. The molecule has 1 amide bonds. The molecule has 3 nitrogen and oxygen atoms in total. The monoisotopic (exact) mass is 265 g/mol. The molecule has 1 aromatic rings. The zero-order valence-corrected chi connectivity index (χ0v) is 11.0. The van der Waals surface area contributed by atoms with E-state index in [0.717, 1.165) is 37.7 Å². The number of nitrogens with one attached hydrogen (secondary N) is 1. The van der Waals surface area contributed by atoms with Gasteiger partial charge in [0.2, 0.25) is 5.91 Å². The first-order valence-electron chi connectivity index (χ1n) is 6.84. The fourth-order valence-electron chi connectivity index (χ4n) is 2.93. The van der Waals surface area contributed by atoms with Gasteiger partial charge in [-0.05, 0) is 30.5 Å². The first-order chi connectivity index (χ1) is 9.19. The third kappa shape index (κ3) is 2.95. The molecule has 1 aromatic carbocycles. The normalized spacial score (nSPS) is 18.0. The van der Waals surface area contributed by atoms with Gasteiger partial charge in [0.05, 0.1) is 12.0 Å². The summed E-state index contributed by atoms with van der Waals surface area (Å²) in [6.07, 6.45) is 4.55. The second kappa shape index (κ2) is 6.15. The summed E-state index contributed by atoms with van der Waals surface area (Å²) in [5, 5.41) is 11.6. The van der Waals surface area contributed by atoms with E-state index in [9.17, 15) is 9.18 Å². The number of carbonyl (C=O) groups is 1. The highest BCUT2D eigenvalue weighted by atomic mass is 19.1. The van der Waals surface area contributed by atoms with Crippen molar-refractivity contribution in [1.82, 2.24) is 5.32 Å². The molecule has 1 fully saturated rings. The molecule has 0 bridgehead atoms. The van der Waals surface area contributed by atoms with Gasteiger partial charge in [0.15, 0.2) is 0 Å². The fraction of sp³-hybridized carbons (Fsp3) is 0.533. The van der Waals surface area contributed by atoms with Crippen molar-refractivity contribution in [2.75, 3.05) is 13.2 Å². The molecular weight excluding hydrogens is 245 g/mol. The largest absolute Gasteiger partial charge is 0.395 e. The van der Waals surface area contributed by atoms with Crippen molar-refractivity contribution >= 4 is 5.91 Å². The quantitative estimate of drug-likeness (QED) is 0.876. The summed E-state index contributed by atoms with van der Waals surface area (Å²) in [6.45, 7) is 0.168. The number of carbonyl (C=O) groups excluding carboxylic acids is 1. The predicted molar refractivity (Wildman–Crippen MR) is 71.3 cm³/mol. The second-order valence-corrected chi connectivity index (χ2v) is 5.13. The molecule has 2 rings (SSSR count). The van der Waals surface area contributed by atoms with E-state index in [0.29, 0.717) is 0 Å². The summed E-state index contributed by atoms with van der Waals surface area (Å²) < 4.78 is 13.4. The van der Waals surface area contributed by atoms with Gasteiger partial charge in [-0.2, -0.15) is 0 Å². The zero-order chi connectivity index (χ0) is 13.7. The van der Waals surface area contributed by atoms with Crippen molar-refractivity contribution in [3.05, 3.63) is 35.6 Å². The van der Waals surface area contributed by atoms with Crippen LogP contribution in [0.3, 0.4) is 0 Å². The molecule has 0 saturated heterocycles. The molecule has 1 aliphatic rings. The number of aliphatic hydroxyl groups is 1. The minimum atomic E-state index is -0.629. The number of benzene rings is 1. The van der Waals surface area contributed by atoms with E-state index in [2.05, 4.69) is 5.32 Å². The number of aliphatic hydroxyl groups excluding tert-OH is 1. The lowest BCUT2D eigenvalue weighted by atomic mass is 9.68. The van der Waals surface area contributed by atoms with Crippen LogP contribution in [0.1, 0.15) is 37.7 Å². The number of hydrogen-bond donors (Lipinski definition) is 2. The van der Waals surface area contributed by atoms with Gasteiger partial charge < -0.3 is 10.4 Å². The molecule has 0 atom stereocenters. The van der Waals surface area contributed by atoms with Crippen molar-refractivity contribution in [3.8, 4) is 0 Å². The molecule has 1 saturated carbocycles. The van der Waals surface area contributed by atoms with Crippen molar-refractivity contribution in [2.24, 2.45) is 0 Å². The summed E-state index contributed by atoms with van der Waals surface area (Å²) in [4.78, 5) is 12.4. The van der Waals surface area contributed by atoms with Crippen molar-refractivity contribution in [3.63, 3.8) is 0 Å². The second-order valence-electron chi connectivity index (χ2n) is 5.13. The van der Waals surface area contributed by atoms with Gasteiger partial charge in [-0.3, -0.25) is 4.79 Å². The van der Waals surface area contributed by atoms with E-state index in [-0.39, 0.29) is 24.9 Å². The minimum absolute atomic E-state index is 0.0784. The lowest BCUT2D eigenvalue weighted by molar-refractivity contribution is -0.128. The smallest absolute Gasteiger partial charge is 0.230 e. The Kier molecular flexibility index (Phi) is 4.53. The van der Waals surface area contributed by atoms with Gasteiger partial charge in [-0.25, -0.2) is 4.39 Å². The summed E-state index contributed by atoms with van der Waals surface area (Å²) in [5.41, 5.74) is 0.123. The molecule has 0 aromatic heterocycles. The Hall–Kier alpha value is -1.42. The van der Waals surface area contributed by atoms with Crippen LogP contribution in [0.25, 0.3) is 0 Å². The Bertz CT molecular complexity index is 442. The minimum Gasteiger partial charge on any atom is -0.395 e. The molecule has 2 N–H and O–H groups in total. The first kappa shape index (κ1) is 14.0. The molecule has 0 radical (unpaired) electrons. The third-order valence-electron chi connectivity index (χ3n) is 3.92. The lowest BCUT2D eigenvalue weighted by Crippen LogP contribution is -2.46. The number of rotatable bonds is 4. The molecule has 4 heteroatoms. The lowest BCUT2D eigenvalue weighted by Gasteiger charge is -2.36. The molecule has 0 unspecified atom stereocenters. The number of halogens is 1. The van der Waals surface area contributed by atoms with Crippen LogP contribution in [0, 0.1) is 5.82 Å². The van der Waals surface area contributed by atoms with Crippen LogP contribution in [0.5, 0.6) is 0 Å². The van der Waals surface area contributed by atoms with Crippen LogP contribution in [0.15, 0.2) is 24.3 Å². The van der Waals surface area contributed by atoms with Crippen LogP contribution >= 0.6 is 0 Å². The Labute approximate surface area is 112 Å².